The predicted octanol–water partition coefficient (Wildman–Crippen LogP) is 3.15. The third kappa shape index (κ3) is 4.26. The van der Waals surface area contributed by atoms with Crippen molar-refractivity contribution in [2.75, 3.05) is 13.2 Å². The molecule has 0 bridgehead atoms. The van der Waals surface area contributed by atoms with Crippen LogP contribution in [0.2, 0.25) is 5.02 Å². The number of rotatable bonds is 5. The van der Waals surface area contributed by atoms with Crippen molar-refractivity contribution in [1.29, 1.82) is 0 Å². The van der Waals surface area contributed by atoms with Gasteiger partial charge in [-0.3, -0.25) is 0 Å². The van der Waals surface area contributed by atoms with Crippen LogP contribution >= 0.6 is 11.6 Å². The Bertz CT molecular complexity index is 382. The van der Waals surface area contributed by atoms with E-state index in [1.54, 1.807) is 12.1 Å². The summed E-state index contributed by atoms with van der Waals surface area (Å²) in [4.78, 5) is 0. The Hall–Kier alpha value is -0.640. The SMILES string of the molecule is CC(NCC(C)(C)CO)c1ccc(Cl)c(F)c1. The minimum absolute atomic E-state index is 0.0209. The molecule has 2 N–H and O–H groups in total. The maximum absolute atomic E-state index is 13.3. The smallest absolute Gasteiger partial charge is 0.142 e. The second-order valence-corrected chi connectivity index (χ2v) is 5.51. The molecule has 0 aliphatic rings. The first-order chi connectivity index (χ1) is 7.85. The summed E-state index contributed by atoms with van der Waals surface area (Å²) in [6.45, 7) is 6.66. The highest BCUT2D eigenvalue weighted by atomic mass is 35.5. The Morgan fingerprint density at radius 3 is 2.65 bits per heavy atom. The highest BCUT2D eigenvalue weighted by molar-refractivity contribution is 6.30. The minimum Gasteiger partial charge on any atom is -0.396 e. The van der Waals surface area contributed by atoms with Crippen molar-refractivity contribution in [3.63, 3.8) is 0 Å². The zero-order chi connectivity index (χ0) is 13.1. The van der Waals surface area contributed by atoms with E-state index in [1.165, 1.54) is 6.07 Å². The molecule has 1 atom stereocenters. The van der Waals surface area contributed by atoms with Crippen LogP contribution in [0.5, 0.6) is 0 Å². The third-order valence-corrected chi connectivity index (χ3v) is 3.07. The molecule has 1 aromatic carbocycles. The zero-order valence-electron chi connectivity index (χ0n) is 10.4. The van der Waals surface area contributed by atoms with Gasteiger partial charge in [-0.1, -0.05) is 31.5 Å². The largest absolute Gasteiger partial charge is 0.396 e. The summed E-state index contributed by atoms with van der Waals surface area (Å²) in [6, 6.07) is 4.82. The van der Waals surface area contributed by atoms with Gasteiger partial charge >= 0.3 is 0 Å². The molecule has 0 aromatic heterocycles. The summed E-state index contributed by atoms with van der Waals surface area (Å²) in [5.74, 6) is -0.403. The van der Waals surface area contributed by atoms with E-state index in [-0.39, 0.29) is 23.1 Å². The third-order valence-electron chi connectivity index (χ3n) is 2.76. The lowest BCUT2D eigenvalue weighted by atomic mass is 9.94. The zero-order valence-corrected chi connectivity index (χ0v) is 11.2. The molecule has 0 saturated carbocycles. The van der Waals surface area contributed by atoms with Crippen molar-refractivity contribution >= 4 is 11.6 Å². The normalized spacial score (nSPS) is 13.8. The van der Waals surface area contributed by atoms with Gasteiger partial charge in [-0.05, 0) is 24.6 Å². The molecule has 17 heavy (non-hydrogen) atoms. The number of hydrogen-bond acceptors (Lipinski definition) is 2. The van der Waals surface area contributed by atoms with Gasteiger partial charge in [-0.25, -0.2) is 4.39 Å². The van der Waals surface area contributed by atoms with Crippen molar-refractivity contribution < 1.29 is 9.50 Å². The fourth-order valence-electron chi connectivity index (χ4n) is 1.38. The van der Waals surface area contributed by atoms with Crippen LogP contribution in [0.4, 0.5) is 4.39 Å². The maximum Gasteiger partial charge on any atom is 0.142 e. The number of aliphatic hydroxyl groups is 1. The summed E-state index contributed by atoms with van der Waals surface area (Å²) in [5, 5.41) is 12.5. The van der Waals surface area contributed by atoms with E-state index in [0.29, 0.717) is 6.54 Å². The quantitative estimate of drug-likeness (QED) is 0.851. The van der Waals surface area contributed by atoms with Crippen LogP contribution in [0.1, 0.15) is 32.4 Å². The van der Waals surface area contributed by atoms with Crippen LogP contribution in [0.3, 0.4) is 0 Å². The van der Waals surface area contributed by atoms with Crippen LogP contribution in [0.25, 0.3) is 0 Å². The lowest BCUT2D eigenvalue weighted by Gasteiger charge is -2.25. The second-order valence-electron chi connectivity index (χ2n) is 5.10. The van der Waals surface area contributed by atoms with Gasteiger partial charge in [0.15, 0.2) is 0 Å². The monoisotopic (exact) mass is 259 g/mol. The molecule has 1 unspecified atom stereocenters. The van der Waals surface area contributed by atoms with Gasteiger partial charge in [0.25, 0.3) is 0 Å². The average molecular weight is 260 g/mol. The summed E-state index contributed by atoms with van der Waals surface area (Å²) < 4.78 is 13.3. The van der Waals surface area contributed by atoms with Crippen molar-refractivity contribution in [3.8, 4) is 0 Å². The van der Waals surface area contributed by atoms with E-state index in [4.69, 9.17) is 16.7 Å². The van der Waals surface area contributed by atoms with Gasteiger partial charge in [0.05, 0.1) is 5.02 Å². The Labute approximate surface area is 107 Å². The van der Waals surface area contributed by atoms with Gasteiger partial charge in [-0.15, -0.1) is 0 Å². The van der Waals surface area contributed by atoms with E-state index in [0.717, 1.165) is 5.56 Å². The van der Waals surface area contributed by atoms with Crippen LogP contribution in [0.15, 0.2) is 18.2 Å². The lowest BCUT2D eigenvalue weighted by molar-refractivity contribution is 0.154. The van der Waals surface area contributed by atoms with E-state index in [9.17, 15) is 4.39 Å². The molecule has 0 fully saturated rings. The summed E-state index contributed by atoms with van der Waals surface area (Å²) in [5.41, 5.74) is 0.666. The first kappa shape index (κ1) is 14.4. The molecule has 0 heterocycles. The van der Waals surface area contributed by atoms with Gasteiger partial charge in [0.2, 0.25) is 0 Å². The number of nitrogens with one attached hydrogen (secondary N) is 1. The van der Waals surface area contributed by atoms with Crippen molar-refractivity contribution in [3.05, 3.63) is 34.6 Å². The number of aliphatic hydroxyl groups excluding tert-OH is 1. The Morgan fingerprint density at radius 1 is 1.47 bits per heavy atom. The fourth-order valence-corrected chi connectivity index (χ4v) is 1.50. The summed E-state index contributed by atoms with van der Waals surface area (Å²) in [6.07, 6.45) is 0. The van der Waals surface area contributed by atoms with Gasteiger partial charge in [0.1, 0.15) is 5.82 Å². The van der Waals surface area contributed by atoms with Crippen LogP contribution in [0, 0.1) is 11.2 Å². The molecule has 2 nitrogen and oxygen atoms in total. The van der Waals surface area contributed by atoms with Gasteiger partial charge in [-0.2, -0.15) is 0 Å². The van der Waals surface area contributed by atoms with Gasteiger partial charge < -0.3 is 10.4 Å². The lowest BCUT2D eigenvalue weighted by Crippen LogP contribution is -2.33. The topological polar surface area (TPSA) is 32.3 Å². The number of hydrogen-bond donors (Lipinski definition) is 2. The molecule has 96 valence electrons. The van der Waals surface area contributed by atoms with Crippen LogP contribution in [-0.4, -0.2) is 18.3 Å². The fraction of sp³-hybridized carbons (Fsp3) is 0.538. The van der Waals surface area contributed by atoms with E-state index in [1.807, 2.05) is 20.8 Å². The van der Waals surface area contributed by atoms with Crippen LogP contribution in [-0.2, 0) is 0 Å². The van der Waals surface area contributed by atoms with Crippen molar-refractivity contribution in [2.24, 2.45) is 5.41 Å². The Balaban J connectivity index is 2.64. The van der Waals surface area contributed by atoms with E-state index >= 15 is 0 Å². The standard InChI is InChI=1S/C13H19ClFNO/c1-9(16-7-13(2,3)8-17)10-4-5-11(14)12(15)6-10/h4-6,9,16-17H,7-8H2,1-3H3. The highest BCUT2D eigenvalue weighted by Gasteiger charge is 2.18. The molecule has 0 amide bonds. The molecule has 0 spiro atoms. The molecule has 0 aliphatic heterocycles. The first-order valence-corrected chi connectivity index (χ1v) is 6.03. The molecule has 4 heteroatoms. The van der Waals surface area contributed by atoms with Gasteiger partial charge in [0, 0.05) is 24.6 Å². The molecule has 0 aliphatic carbocycles. The van der Waals surface area contributed by atoms with Crippen LogP contribution < -0.4 is 5.32 Å². The molecular weight excluding hydrogens is 241 g/mol. The van der Waals surface area contributed by atoms with E-state index < -0.39 is 5.82 Å². The molecule has 0 saturated heterocycles. The van der Waals surface area contributed by atoms with Crippen molar-refractivity contribution in [1.82, 2.24) is 5.32 Å². The van der Waals surface area contributed by atoms with E-state index in [2.05, 4.69) is 5.32 Å². The minimum atomic E-state index is -0.403. The van der Waals surface area contributed by atoms with Crippen molar-refractivity contribution in [2.45, 2.75) is 26.8 Å². The second kappa shape index (κ2) is 5.80. The average Bonchev–Trinajstić information content (AvgIpc) is 2.30. The Kier molecular flexibility index (Phi) is 4.92. The molecule has 1 aromatic rings. The molecule has 1 rings (SSSR count). The summed E-state index contributed by atoms with van der Waals surface area (Å²) in [7, 11) is 0. The first-order valence-electron chi connectivity index (χ1n) is 5.65. The molecule has 0 radical (unpaired) electrons. The molecular formula is C13H19ClFNO. The Morgan fingerprint density at radius 2 is 2.12 bits per heavy atom. The number of benzene rings is 1. The maximum atomic E-state index is 13.3. The predicted molar refractivity (Wildman–Crippen MR) is 68.7 cm³/mol. The summed E-state index contributed by atoms with van der Waals surface area (Å²) >= 11 is 5.63. The highest BCUT2D eigenvalue weighted by Crippen LogP contribution is 2.21. The number of halogens is 2.